The van der Waals surface area contributed by atoms with Crippen molar-refractivity contribution in [3.05, 3.63) is 66.7 Å². The summed E-state index contributed by atoms with van der Waals surface area (Å²) in [4.78, 5) is 10.8. The minimum absolute atomic E-state index is 0.332. The average Bonchev–Trinajstić information content (AvgIpc) is 2.40. The van der Waals surface area contributed by atoms with Gasteiger partial charge in [-0.2, -0.15) is 0 Å². The molecule has 0 unspecified atom stereocenters. The van der Waals surface area contributed by atoms with Crippen molar-refractivity contribution >= 4 is 11.7 Å². The molecule has 0 saturated carbocycles. The van der Waals surface area contributed by atoms with Gasteiger partial charge >= 0.3 is 5.97 Å². The molecule has 0 fully saturated rings. The van der Waals surface area contributed by atoms with E-state index in [9.17, 15) is 4.79 Å². The molecule has 2 aromatic rings. The average molecular weight is 254 g/mol. The topological polar surface area (TPSA) is 35.5 Å². The van der Waals surface area contributed by atoms with E-state index in [0.29, 0.717) is 11.5 Å². The summed E-state index contributed by atoms with van der Waals surface area (Å²) in [5, 5.41) is 0. The number of benzene rings is 2. The highest BCUT2D eigenvalue weighted by Gasteiger charge is 2.03. The Labute approximate surface area is 112 Å². The second kappa shape index (κ2) is 5.87. The van der Waals surface area contributed by atoms with Gasteiger partial charge in [0.1, 0.15) is 17.3 Å². The van der Waals surface area contributed by atoms with E-state index in [1.54, 1.807) is 24.3 Å². The zero-order valence-corrected chi connectivity index (χ0v) is 10.6. The maximum atomic E-state index is 10.8. The fourth-order valence-corrected chi connectivity index (χ4v) is 1.57. The molecule has 0 aromatic heterocycles. The number of ether oxygens (including phenoxy) is 2. The van der Waals surface area contributed by atoms with Gasteiger partial charge in [0.15, 0.2) is 0 Å². The Balaban J connectivity index is 2.06. The third-order valence-corrected chi connectivity index (χ3v) is 2.42. The number of esters is 1. The van der Waals surface area contributed by atoms with Gasteiger partial charge in [0.05, 0.1) is 0 Å². The lowest BCUT2D eigenvalue weighted by Crippen LogP contribution is -1.97. The monoisotopic (exact) mass is 254 g/mol. The summed E-state index contributed by atoms with van der Waals surface area (Å²) in [5.41, 5.74) is 0.746. The Kier molecular flexibility index (Phi) is 3.98. The third-order valence-electron chi connectivity index (χ3n) is 2.42. The van der Waals surface area contributed by atoms with Crippen LogP contribution in [-0.4, -0.2) is 5.97 Å². The minimum atomic E-state index is -0.380. The first kappa shape index (κ1) is 12.9. The van der Waals surface area contributed by atoms with Crippen molar-refractivity contribution in [2.75, 3.05) is 0 Å². The molecule has 0 spiro atoms. The second-order valence-electron chi connectivity index (χ2n) is 3.96. The van der Waals surface area contributed by atoms with E-state index in [1.165, 1.54) is 6.92 Å². The molecule has 0 aliphatic heterocycles. The fourth-order valence-electron chi connectivity index (χ4n) is 1.57. The summed E-state index contributed by atoms with van der Waals surface area (Å²) < 4.78 is 10.6. The molecule has 0 saturated heterocycles. The third kappa shape index (κ3) is 3.71. The van der Waals surface area contributed by atoms with Gasteiger partial charge in [-0.15, -0.1) is 0 Å². The van der Waals surface area contributed by atoms with Crippen molar-refractivity contribution in [2.24, 2.45) is 0 Å². The maximum Gasteiger partial charge on any atom is 0.308 e. The highest BCUT2D eigenvalue weighted by Crippen LogP contribution is 2.23. The van der Waals surface area contributed by atoms with Gasteiger partial charge in [-0.1, -0.05) is 24.8 Å². The van der Waals surface area contributed by atoms with Gasteiger partial charge in [-0.3, -0.25) is 4.79 Å². The Morgan fingerprint density at radius 3 is 2.11 bits per heavy atom. The molecule has 0 heterocycles. The number of carbonyl (C=O) groups excluding carboxylic acids is 1. The first-order valence-electron chi connectivity index (χ1n) is 5.86. The van der Waals surface area contributed by atoms with Crippen LogP contribution in [0.1, 0.15) is 12.5 Å². The molecule has 2 aromatic carbocycles. The summed E-state index contributed by atoms with van der Waals surface area (Å²) in [6.45, 7) is 5.04. The fraction of sp³-hybridized carbons (Fsp3) is 0.0625. The number of hydrogen-bond donors (Lipinski definition) is 0. The quantitative estimate of drug-likeness (QED) is 0.610. The van der Waals surface area contributed by atoms with Crippen LogP contribution in [0.2, 0.25) is 0 Å². The van der Waals surface area contributed by atoms with E-state index < -0.39 is 0 Å². The minimum Gasteiger partial charge on any atom is -0.457 e. The van der Waals surface area contributed by atoms with Gasteiger partial charge in [-0.05, 0) is 36.4 Å². The molecule has 3 heteroatoms. The highest BCUT2D eigenvalue weighted by molar-refractivity contribution is 5.75. The molecule has 0 aliphatic carbocycles. The molecule has 0 bridgehead atoms. The largest absolute Gasteiger partial charge is 0.457 e. The summed E-state index contributed by atoms with van der Waals surface area (Å²) in [6, 6.07) is 16.7. The number of hydrogen-bond acceptors (Lipinski definition) is 3. The number of para-hydroxylation sites is 1. The van der Waals surface area contributed by atoms with Crippen molar-refractivity contribution in [3.8, 4) is 11.5 Å². The maximum absolute atomic E-state index is 10.8. The predicted octanol–water partition coefficient (Wildman–Crippen LogP) is 4.01. The summed E-state index contributed by atoms with van der Waals surface area (Å²) in [6.07, 6.45) is 0. The second-order valence-corrected chi connectivity index (χ2v) is 3.96. The van der Waals surface area contributed by atoms with Crippen LogP contribution in [0.4, 0.5) is 0 Å². The Hall–Kier alpha value is -2.55. The standard InChI is InChI=1S/C16H14O3/c1-12(18-13(2)17)14-8-10-16(11-9-14)19-15-6-4-3-5-7-15/h3-11H,1H2,2H3. The molecule has 0 amide bonds. The molecular weight excluding hydrogens is 240 g/mol. The van der Waals surface area contributed by atoms with Gasteiger partial charge < -0.3 is 9.47 Å². The first-order chi connectivity index (χ1) is 9.15. The molecular formula is C16H14O3. The molecule has 2 rings (SSSR count). The van der Waals surface area contributed by atoms with Crippen molar-refractivity contribution in [3.63, 3.8) is 0 Å². The summed E-state index contributed by atoms with van der Waals surface area (Å²) in [5.74, 6) is 1.44. The van der Waals surface area contributed by atoms with Crippen LogP contribution in [-0.2, 0) is 9.53 Å². The van der Waals surface area contributed by atoms with E-state index >= 15 is 0 Å². The van der Waals surface area contributed by atoms with Gasteiger partial charge in [-0.25, -0.2) is 0 Å². The van der Waals surface area contributed by atoms with Crippen LogP contribution in [0, 0.1) is 0 Å². The molecule has 0 N–H and O–H groups in total. The first-order valence-corrected chi connectivity index (χ1v) is 5.86. The van der Waals surface area contributed by atoms with E-state index in [2.05, 4.69) is 6.58 Å². The lowest BCUT2D eigenvalue weighted by molar-refractivity contribution is -0.134. The van der Waals surface area contributed by atoms with Crippen molar-refractivity contribution in [2.45, 2.75) is 6.92 Å². The van der Waals surface area contributed by atoms with E-state index in [0.717, 1.165) is 11.3 Å². The van der Waals surface area contributed by atoms with E-state index in [1.807, 2.05) is 30.3 Å². The number of carbonyl (C=O) groups is 1. The Morgan fingerprint density at radius 2 is 1.53 bits per heavy atom. The van der Waals surface area contributed by atoms with Crippen molar-refractivity contribution in [1.82, 2.24) is 0 Å². The van der Waals surface area contributed by atoms with Crippen LogP contribution >= 0.6 is 0 Å². The SMILES string of the molecule is C=C(OC(C)=O)c1ccc(Oc2ccccc2)cc1. The van der Waals surface area contributed by atoms with Crippen molar-refractivity contribution < 1.29 is 14.3 Å². The highest BCUT2D eigenvalue weighted by atomic mass is 16.5. The van der Waals surface area contributed by atoms with Crippen LogP contribution in [0.5, 0.6) is 11.5 Å². The van der Waals surface area contributed by atoms with Crippen LogP contribution < -0.4 is 4.74 Å². The van der Waals surface area contributed by atoms with Crippen molar-refractivity contribution in [1.29, 1.82) is 0 Å². The Morgan fingerprint density at radius 1 is 0.947 bits per heavy atom. The summed E-state index contributed by atoms with van der Waals surface area (Å²) >= 11 is 0. The zero-order chi connectivity index (χ0) is 13.7. The molecule has 0 aliphatic rings. The van der Waals surface area contributed by atoms with Gasteiger partial charge in [0, 0.05) is 12.5 Å². The summed E-state index contributed by atoms with van der Waals surface area (Å²) in [7, 11) is 0. The predicted molar refractivity (Wildman–Crippen MR) is 73.8 cm³/mol. The van der Waals surface area contributed by atoms with E-state index in [-0.39, 0.29) is 5.97 Å². The van der Waals surface area contributed by atoms with E-state index in [4.69, 9.17) is 9.47 Å². The molecule has 96 valence electrons. The zero-order valence-electron chi connectivity index (χ0n) is 10.6. The van der Waals surface area contributed by atoms with Crippen LogP contribution in [0.3, 0.4) is 0 Å². The number of rotatable bonds is 4. The normalized spacial score (nSPS) is 9.74. The van der Waals surface area contributed by atoms with Crippen LogP contribution in [0.25, 0.3) is 5.76 Å². The molecule has 0 atom stereocenters. The lowest BCUT2D eigenvalue weighted by Gasteiger charge is -2.08. The lowest BCUT2D eigenvalue weighted by atomic mass is 10.2. The van der Waals surface area contributed by atoms with Gasteiger partial charge in [0.2, 0.25) is 0 Å². The molecule has 19 heavy (non-hydrogen) atoms. The van der Waals surface area contributed by atoms with Crippen LogP contribution in [0.15, 0.2) is 61.2 Å². The Bertz CT molecular complexity index is 571. The smallest absolute Gasteiger partial charge is 0.308 e. The van der Waals surface area contributed by atoms with Gasteiger partial charge in [0.25, 0.3) is 0 Å². The molecule has 3 nitrogen and oxygen atoms in total. The molecule has 0 radical (unpaired) electrons.